The number of carbonyl (C=O) groups is 1. The molecule has 3 aromatic rings. The van der Waals surface area contributed by atoms with Crippen molar-refractivity contribution in [3.05, 3.63) is 76.4 Å². The first kappa shape index (κ1) is 20.1. The van der Waals surface area contributed by atoms with Crippen LogP contribution in [0.15, 0.2) is 54.6 Å². The minimum atomic E-state index is -0.451. The Hall–Kier alpha value is -2.63. The van der Waals surface area contributed by atoms with Crippen LogP contribution in [0.3, 0.4) is 0 Å². The summed E-state index contributed by atoms with van der Waals surface area (Å²) in [5, 5.41) is 5.03. The third-order valence-corrected chi connectivity index (χ3v) is 4.49. The molecule has 0 aliphatic heterocycles. The van der Waals surface area contributed by atoms with Gasteiger partial charge in [0.1, 0.15) is 0 Å². The maximum Gasteiger partial charge on any atom is 0.344 e. The van der Waals surface area contributed by atoms with Crippen molar-refractivity contribution < 1.29 is 14.3 Å². The monoisotopic (exact) mass is 398 g/mol. The summed E-state index contributed by atoms with van der Waals surface area (Å²) in [6.07, 6.45) is 0. The van der Waals surface area contributed by atoms with E-state index < -0.39 is 5.97 Å². The molecule has 0 unspecified atom stereocenters. The van der Waals surface area contributed by atoms with Crippen LogP contribution in [0.5, 0.6) is 5.88 Å². The molecule has 2 aromatic carbocycles. The highest BCUT2D eigenvalue weighted by Gasteiger charge is 2.18. The van der Waals surface area contributed by atoms with Crippen molar-refractivity contribution in [1.82, 2.24) is 9.78 Å². The normalized spacial score (nSPS) is 11.5. The Balaban J connectivity index is 1.89. The first-order valence-corrected chi connectivity index (χ1v) is 9.32. The van der Waals surface area contributed by atoms with Gasteiger partial charge >= 0.3 is 5.97 Å². The van der Waals surface area contributed by atoms with E-state index in [1.165, 1.54) is 0 Å². The minimum Gasteiger partial charge on any atom is -0.404 e. The molecule has 3 rings (SSSR count). The van der Waals surface area contributed by atoms with Crippen LogP contribution >= 0.6 is 11.6 Å². The van der Waals surface area contributed by atoms with Gasteiger partial charge in [-0.15, -0.1) is 0 Å². The lowest BCUT2D eigenvalue weighted by Crippen LogP contribution is -2.14. The molecule has 5 nitrogen and oxygen atoms in total. The summed E-state index contributed by atoms with van der Waals surface area (Å²) in [5.41, 5.74) is 2.98. The highest BCUT2D eigenvalue weighted by molar-refractivity contribution is 6.30. The van der Waals surface area contributed by atoms with E-state index in [0.717, 1.165) is 5.56 Å². The summed E-state index contributed by atoms with van der Waals surface area (Å²) >= 11 is 6.09. The first-order valence-electron chi connectivity index (χ1n) is 8.94. The van der Waals surface area contributed by atoms with E-state index in [-0.39, 0.29) is 5.41 Å². The second kappa shape index (κ2) is 8.17. The molecule has 0 bridgehead atoms. The van der Waals surface area contributed by atoms with Crippen molar-refractivity contribution in [3.8, 4) is 11.6 Å². The molecular formula is C22H23ClN2O3. The number of hydrogen-bond donors (Lipinski definition) is 0. The van der Waals surface area contributed by atoms with Crippen molar-refractivity contribution in [2.45, 2.75) is 32.8 Å². The van der Waals surface area contributed by atoms with Gasteiger partial charge in [-0.1, -0.05) is 50.6 Å². The maximum absolute atomic E-state index is 12.7. The second-order valence-electron chi connectivity index (χ2n) is 7.52. The molecule has 0 atom stereocenters. The molecule has 1 aromatic heterocycles. The number of benzene rings is 2. The molecule has 0 saturated carbocycles. The summed E-state index contributed by atoms with van der Waals surface area (Å²) in [6, 6.07) is 16.3. The molecule has 146 valence electrons. The number of methoxy groups -OCH3 is 1. The van der Waals surface area contributed by atoms with Gasteiger partial charge in [0.15, 0.2) is 0 Å². The molecule has 1 heterocycles. The third-order valence-electron chi connectivity index (χ3n) is 4.26. The van der Waals surface area contributed by atoms with Gasteiger partial charge < -0.3 is 9.47 Å². The van der Waals surface area contributed by atoms with Crippen LogP contribution in [0.2, 0.25) is 5.02 Å². The summed E-state index contributed by atoms with van der Waals surface area (Å²) in [5.74, 6) is -0.146. The van der Waals surface area contributed by atoms with Crippen molar-refractivity contribution in [2.75, 3.05) is 7.11 Å². The SMILES string of the molecule is COCc1cc(OC(=O)c2ccc(C(C)(C)C)cc2)n(-c2cccc(Cl)c2)n1. The number of esters is 1. The molecule has 6 heteroatoms. The lowest BCUT2D eigenvalue weighted by Gasteiger charge is -2.18. The summed E-state index contributed by atoms with van der Waals surface area (Å²) < 4.78 is 12.3. The fourth-order valence-electron chi connectivity index (χ4n) is 2.75. The fourth-order valence-corrected chi connectivity index (χ4v) is 2.94. The van der Waals surface area contributed by atoms with Gasteiger partial charge in [0.2, 0.25) is 5.88 Å². The number of ether oxygens (including phenoxy) is 2. The van der Waals surface area contributed by atoms with E-state index in [4.69, 9.17) is 21.1 Å². The minimum absolute atomic E-state index is 0.0166. The summed E-state index contributed by atoms with van der Waals surface area (Å²) in [7, 11) is 1.58. The van der Waals surface area contributed by atoms with Crippen LogP contribution in [0.1, 0.15) is 42.4 Å². The zero-order valence-electron chi connectivity index (χ0n) is 16.4. The summed E-state index contributed by atoms with van der Waals surface area (Å²) in [4.78, 5) is 12.7. The number of halogens is 1. The third kappa shape index (κ3) is 4.61. The Morgan fingerprint density at radius 2 is 1.82 bits per heavy atom. The summed E-state index contributed by atoms with van der Waals surface area (Å²) in [6.45, 7) is 6.68. The van der Waals surface area contributed by atoms with Crippen LogP contribution in [-0.4, -0.2) is 22.9 Å². The van der Waals surface area contributed by atoms with E-state index in [0.29, 0.717) is 34.5 Å². The molecule has 0 fully saturated rings. The Morgan fingerprint density at radius 3 is 2.43 bits per heavy atom. The zero-order chi connectivity index (χ0) is 20.3. The fraction of sp³-hybridized carbons (Fsp3) is 0.273. The number of carbonyl (C=O) groups excluding carboxylic acids is 1. The van der Waals surface area contributed by atoms with Gasteiger partial charge in [-0.2, -0.15) is 5.10 Å². The average molecular weight is 399 g/mol. The van der Waals surface area contributed by atoms with Crippen molar-refractivity contribution >= 4 is 17.6 Å². The van der Waals surface area contributed by atoms with Crippen LogP contribution in [0, 0.1) is 0 Å². The highest BCUT2D eigenvalue weighted by Crippen LogP contribution is 2.25. The van der Waals surface area contributed by atoms with Crippen LogP contribution in [0.25, 0.3) is 5.69 Å². The standard InChI is InChI=1S/C22H23ClN2O3/c1-22(2,3)16-10-8-15(9-11-16)21(26)28-20-13-18(14-27-4)24-25(20)19-7-5-6-17(23)12-19/h5-13H,14H2,1-4H3. The highest BCUT2D eigenvalue weighted by atomic mass is 35.5. The first-order chi connectivity index (χ1) is 13.3. The van der Waals surface area contributed by atoms with E-state index >= 15 is 0 Å². The maximum atomic E-state index is 12.7. The Labute approximate surface area is 169 Å². The molecule has 0 spiro atoms. The molecule has 0 aliphatic carbocycles. The van der Waals surface area contributed by atoms with Crippen molar-refractivity contribution in [1.29, 1.82) is 0 Å². The number of aromatic nitrogens is 2. The van der Waals surface area contributed by atoms with E-state index in [1.54, 1.807) is 42.1 Å². The van der Waals surface area contributed by atoms with Gasteiger partial charge in [-0.3, -0.25) is 0 Å². The van der Waals surface area contributed by atoms with Gasteiger partial charge in [0.25, 0.3) is 0 Å². The van der Waals surface area contributed by atoms with E-state index in [2.05, 4.69) is 25.9 Å². The largest absolute Gasteiger partial charge is 0.404 e. The lowest BCUT2D eigenvalue weighted by molar-refractivity contribution is 0.0723. The molecule has 0 saturated heterocycles. The Morgan fingerprint density at radius 1 is 1.11 bits per heavy atom. The van der Waals surface area contributed by atoms with Crippen LogP contribution in [0.4, 0.5) is 0 Å². The van der Waals surface area contributed by atoms with Crippen molar-refractivity contribution in [2.24, 2.45) is 0 Å². The molecular weight excluding hydrogens is 376 g/mol. The molecule has 0 N–H and O–H groups in total. The smallest absolute Gasteiger partial charge is 0.344 e. The van der Waals surface area contributed by atoms with Crippen LogP contribution in [-0.2, 0) is 16.8 Å². The number of rotatable bonds is 5. The lowest BCUT2D eigenvalue weighted by atomic mass is 9.87. The Kier molecular flexibility index (Phi) is 5.87. The quantitative estimate of drug-likeness (QED) is 0.555. The topological polar surface area (TPSA) is 53.4 Å². The molecule has 28 heavy (non-hydrogen) atoms. The predicted octanol–water partition coefficient (Wildman–Crippen LogP) is 5.19. The van der Waals surface area contributed by atoms with Gasteiger partial charge in [0.05, 0.1) is 23.6 Å². The Bertz CT molecular complexity index is 972. The van der Waals surface area contributed by atoms with E-state index in [1.807, 2.05) is 24.3 Å². The van der Waals surface area contributed by atoms with Crippen molar-refractivity contribution in [3.63, 3.8) is 0 Å². The molecule has 0 radical (unpaired) electrons. The van der Waals surface area contributed by atoms with Gasteiger partial charge in [-0.05, 0) is 41.3 Å². The average Bonchev–Trinajstić information content (AvgIpc) is 3.04. The van der Waals surface area contributed by atoms with E-state index in [9.17, 15) is 4.79 Å². The van der Waals surface area contributed by atoms with Gasteiger partial charge in [-0.25, -0.2) is 9.48 Å². The van der Waals surface area contributed by atoms with Crippen LogP contribution < -0.4 is 4.74 Å². The number of hydrogen-bond acceptors (Lipinski definition) is 4. The second-order valence-corrected chi connectivity index (χ2v) is 7.95. The van der Waals surface area contributed by atoms with Gasteiger partial charge in [0, 0.05) is 18.2 Å². The number of nitrogens with zero attached hydrogens (tertiary/aromatic N) is 2. The molecule has 0 amide bonds. The zero-order valence-corrected chi connectivity index (χ0v) is 17.2. The molecule has 0 aliphatic rings. The predicted molar refractivity (Wildman–Crippen MR) is 109 cm³/mol.